The zero-order chi connectivity index (χ0) is 38.7. The van der Waals surface area contributed by atoms with Gasteiger partial charge >= 0.3 is 17.9 Å². The molecule has 53 heavy (non-hydrogen) atoms. The van der Waals surface area contributed by atoms with E-state index in [1.165, 1.54) is 0 Å². The fourth-order valence-corrected chi connectivity index (χ4v) is 4.43. The largest absolute Gasteiger partial charge is 0.462 e. The third-order valence-corrected chi connectivity index (χ3v) is 7.29. The van der Waals surface area contributed by atoms with Crippen LogP contribution in [0.1, 0.15) is 124 Å². The standard InChI is InChI=1S/C47H68O6/c1-4-7-10-13-16-19-21-22-23-24-26-28-31-34-37-40-46(49)52-43-44(42-51-45(48)39-36-33-30-27-18-15-12-9-6-3)53-47(50)41-38-35-32-29-25-20-17-14-11-8-5-2/h7-13,16-24,26-27,29,32-33,36,44H,4-6,14-15,25,28,30-31,34-35,37-43H2,1-3H3/b10-7-,11-8-,12-9-,16-13-,20-17-,21-19-,23-22-,26-24-,27-18-,32-29-,36-33-. The highest BCUT2D eigenvalue weighted by atomic mass is 16.6. The highest BCUT2D eigenvalue weighted by Gasteiger charge is 2.19. The van der Waals surface area contributed by atoms with Crippen LogP contribution in [0.25, 0.3) is 0 Å². The number of carbonyl (C=O) groups is 3. The summed E-state index contributed by atoms with van der Waals surface area (Å²) >= 11 is 0. The molecule has 0 aromatic rings. The number of esters is 3. The molecule has 0 saturated carbocycles. The molecule has 0 aromatic carbocycles. The van der Waals surface area contributed by atoms with E-state index in [0.717, 1.165) is 70.6 Å². The molecule has 0 saturated heterocycles. The molecule has 0 aliphatic rings. The first kappa shape index (κ1) is 48.5. The summed E-state index contributed by atoms with van der Waals surface area (Å²) < 4.78 is 16.4. The fourth-order valence-electron chi connectivity index (χ4n) is 4.43. The zero-order valence-corrected chi connectivity index (χ0v) is 33.0. The van der Waals surface area contributed by atoms with Gasteiger partial charge in [-0.1, -0.05) is 161 Å². The minimum absolute atomic E-state index is 0.109. The third kappa shape index (κ3) is 38.6. The smallest absolute Gasteiger partial charge is 0.309 e. The Morgan fingerprint density at radius 2 is 0.868 bits per heavy atom. The second-order valence-corrected chi connectivity index (χ2v) is 12.2. The first-order valence-electron chi connectivity index (χ1n) is 19.8. The third-order valence-electron chi connectivity index (χ3n) is 7.29. The molecule has 0 bridgehead atoms. The molecule has 0 aliphatic carbocycles. The Labute approximate surface area is 322 Å². The van der Waals surface area contributed by atoms with Crippen LogP contribution in [-0.2, 0) is 28.6 Å². The van der Waals surface area contributed by atoms with Gasteiger partial charge in [-0.2, -0.15) is 0 Å². The van der Waals surface area contributed by atoms with Crippen molar-refractivity contribution in [3.63, 3.8) is 0 Å². The predicted molar refractivity (Wildman–Crippen MR) is 223 cm³/mol. The Hall–Kier alpha value is -4.45. The summed E-state index contributed by atoms with van der Waals surface area (Å²) in [7, 11) is 0. The lowest BCUT2D eigenvalue weighted by atomic mass is 10.1. The van der Waals surface area contributed by atoms with Crippen molar-refractivity contribution in [2.45, 2.75) is 130 Å². The fraction of sp³-hybridized carbons (Fsp3) is 0.468. The van der Waals surface area contributed by atoms with E-state index in [4.69, 9.17) is 14.2 Å². The maximum Gasteiger partial charge on any atom is 0.309 e. The van der Waals surface area contributed by atoms with Gasteiger partial charge < -0.3 is 14.2 Å². The topological polar surface area (TPSA) is 78.9 Å². The lowest BCUT2D eigenvalue weighted by Gasteiger charge is -2.18. The second kappa shape index (κ2) is 40.3. The van der Waals surface area contributed by atoms with Crippen LogP contribution in [0.5, 0.6) is 0 Å². The number of hydrogen-bond acceptors (Lipinski definition) is 6. The maximum absolute atomic E-state index is 12.6. The predicted octanol–water partition coefficient (Wildman–Crippen LogP) is 12.4. The van der Waals surface area contributed by atoms with Crippen molar-refractivity contribution in [2.75, 3.05) is 13.2 Å². The number of unbranched alkanes of at least 4 members (excludes halogenated alkanes) is 4. The van der Waals surface area contributed by atoms with Crippen LogP contribution >= 0.6 is 0 Å². The maximum atomic E-state index is 12.6. The van der Waals surface area contributed by atoms with Gasteiger partial charge in [-0.05, 0) is 77.0 Å². The number of ether oxygens (including phenoxy) is 3. The molecule has 6 heteroatoms. The van der Waals surface area contributed by atoms with Gasteiger partial charge in [0.1, 0.15) is 13.2 Å². The summed E-state index contributed by atoms with van der Waals surface area (Å²) in [4.78, 5) is 37.4. The summed E-state index contributed by atoms with van der Waals surface area (Å²) in [5.74, 6) is -1.20. The lowest BCUT2D eigenvalue weighted by molar-refractivity contribution is -0.166. The van der Waals surface area contributed by atoms with Gasteiger partial charge in [0.15, 0.2) is 6.10 Å². The minimum atomic E-state index is -0.858. The van der Waals surface area contributed by atoms with Crippen LogP contribution in [0.4, 0.5) is 0 Å². The van der Waals surface area contributed by atoms with Gasteiger partial charge in [-0.3, -0.25) is 14.4 Å². The molecule has 0 amide bonds. The van der Waals surface area contributed by atoms with E-state index in [-0.39, 0.29) is 38.4 Å². The van der Waals surface area contributed by atoms with Crippen LogP contribution in [-0.4, -0.2) is 37.2 Å². The highest BCUT2D eigenvalue weighted by Crippen LogP contribution is 2.08. The van der Waals surface area contributed by atoms with Gasteiger partial charge in [-0.25, -0.2) is 0 Å². The second-order valence-electron chi connectivity index (χ2n) is 12.2. The van der Waals surface area contributed by atoms with Crippen molar-refractivity contribution >= 4 is 17.9 Å². The molecule has 6 nitrogen and oxygen atoms in total. The van der Waals surface area contributed by atoms with Crippen molar-refractivity contribution in [2.24, 2.45) is 0 Å². The molecule has 0 spiro atoms. The molecule has 292 valence electrons. The molecule has 1 atom stereocenters. The highest BCUT2D eigenvalue weighted by molar-refractivity contribution is 5.72. The number of allylic oxidation sites excluding steroid dienone is 21. The van der Waals surface area contributed by atoms with E-state index >= 15 is 0 Å². The summed E-state index contributed by atoms with van der Waals surface area (Å²) in [6.45, 7) is 6.01. The van der Waals surface area contributed by atoms with Gasteiger partial charge in [0, 0.05) is 12.8 Å². The molecular formula is C47H68O6. The molecule has 1 unspecified atom stereocenters. The Balaban J connectivity index is 4.65. The summed E-state index contributed by atoms with van der Waals surface area (Å²) in [5.41, 5.74) is 0. The Kier molecular flexibility index (Phi) is 36.9. The molecule has 0 aromatic heterocycles. The van der Waals surface area contributed by atoms with E-state index in [1.807, 2.05) is 54.7 Å². The van der Waals surface area contributed by atoms with E-state index in [1.54, 1.807) is 6.08 Å². The molecule has 0 radical (unpaired) electrons. The van der Waals surface area contributed by atoms with Crippen LogP contribution in [0.15, 0.2) is 134 Å². The summed E-state index contributed by atoms with van der Waals surface area (Å²) in [5, 5.41) is 0. The average Bonchev–Trinajstić information content (AvgIpc) is 3.15. The summed E-state index contributed by atoms with van der Waals surface area (Å²) in [6.07, 6.45) is 56.2. The Bertz CT molecular complexity index is 1250. The van der Waals surface area contributed by atoms with E-state index in [9.17, 15) is 14.4 Å². The van der Waals surface area contributed by atoms with Gasteiger partial charge in [0.2, 0.25) is 0 Å². The normalized spacial score (nSPS) is 13.5. The van der Waals surface area contributed by atoms with Crippen LogP contribution in [0.3, 0.4) is 0 Å². The monoisotopic (exact) mass is 729 g/mol. The minimum Gasteiger partial charge on any atom is -0.462 e. The number of hydrogen-bond donors (Lipinski definition) is 0. The molecule has 0 heterocycles. The number of rotatable bonds is 32. The van der Waals surface area contributed by atoms with Crippen molar-refractivity contribution < 1.29 is 28.6 Å². The van der Waals surface area contributed by atoms with Crippen LogP contribution < -0.4 is 0 Å². The summed E-state index contributed by atoms with van der Waals surface area (Å²) in [6, 6.07) is 0. The Morgan fingerprint density at radius 3 is 1.45 bits per heavy atom. The first-order valence-corrected chi connectivity index (χ1v) is 19.8. The van der Waals surface area contributed by atoms with Crippen LogP contribution in [0.2, 0.25) is 0 Å². The van der Waals surface area contributed by atoms with Gasteiger partial charge in [0.25, 0.3) is 0 Å². The molecule has 0 N–H and O–H groups in total. The van der Waals surface area contributed by atoms with Crippen molar-refractivity contribution in [1.29, 1.82) is 0 Å². The molecule has 0 rings (SSSR count). The van der Waals surface area contributed by atoms with Gasteiger partial charge in [0.05, 0.1) is 6.42 Å². The van der Waals surface area contributed by atoms with E-state index in [0.29, 0.717) is 12.8 Å². The molecule has 0 fully saturated rings. The van der Waals surface area contributed by atoms with Gasteiger partial charge in [-0.15, -0.1) is 0 Å². The zero-order valence-electron chi connectivity index (χ0n) is 33.0. The van der Waals surface area contributed by atoms with E-state index < -0.39 is 18.0 Å². The van der Waals surface area contributed by atoms with Crippen molar-refractivity contribution in [3.8, 4) is 0 Å². The SMILES string of the molecule is CC\C=C/C=C\C=C/C=C\C=C/CCCCCC(=O)OCC(COC(=O)C/C=C\C/C=C\C/C=C\CC)OC(=O)CCC/C=C\C/C=C\C/C=C\CC. The van der Waals surface area contributed by atoms with Crippen molar-refractivity contribution in [3.05, 3.63) is 134 Å². The molecular weight excluding hydrogens is 661 g/mol. The lowest BCUT2D eigenvalue weighted by Crippen LogP contribution is -2.30. The molecule has 0 aliphatic heterocycles. The Morgan fingerprint density at radius 1 is 0.415 bits per heavy atom. The van der Waals surface area contributed by atoms with E-state index in [2.05, 4.69) is 93.7 Å². The quantitative estimate of drug-likeness (QED) is 0.0226. The average molecular weight is 729 g/mol. The van der Waals surface area contributed by atoms with Crippen molar-refractivity contribution in [1.82, 2.24) is 0 Å². The first-order chi connectivity index (χ1) is 26.0. The number of carbonyl (C=O) groups excluding carboxylic acids is 3. The van der Waals surface area contributed by atoms with Crippen LogP contribution in [0, 0.1) is 0 Å².